The number of aromatic nitrogens is 2. The molecule has 4 nitrogen and oxygen atoms in total. The van der Waals surface area contributed by atoms with Gasteiger partial charge in [0.15, 0.2) is 0 Å². The van der Waals surface area contributed by atoms with Crippen molar-refractivity contribution in [2.24, 2.45) is 5.73 Å². The maximum absolute atomic E-state index is 5.66. The predicted molar refractivity (Wildman–Crippen MR) is 85.4 cm³/mol. The van der Waals surface area contributed by atoms with Crippen LogP contribution in [0.5, 0.6) is 0 Å². The van der Waals surface area contributed by atoms with Crippen LogP contribution in [0.3, 0.4) is 0 Å². The van der Waals surface area contributed by atoms with E-state index in [2.05, 4.69) is 36.2 Å². The van der Waals surface area contributed by atoms with Crippen LogP contribution in [0, 0.1) is 0 Å². The Kier molecular flexibility index (Phi) is 4.87. The summed E-state index contributed by atoms with van der Waals surface area (Å²) in [4.78, 5) is 2.69. The van der Waals surface area contributed by atoms with Gasteiger partial charge in [0.1, 0.15) is 4.99 Å². The van der Waals surface area contributed by atoms with Crippen molar-refractivity contribution in [3.05, 3.63) is 53.3 Å². The maximum Gasteiger partial charge on any atom is 0.103 e. The van der Waals surface area contributed by atoms with Gasteiger partial charge in [-0.15, -0.1) is 0 Å². The van der Waals surface area contributed by atoms with E-state index in [1.54, 1.807) is 0 Å². The third kappa shape index (κ3) is 3.88. The van der Waals surface area contributed by atoms with Crippen molar-refractivity contribution in [2.75, 3.05) is 7.05 Å². The third-order valence-electron chi connectivity index (χ3n) is 3.13. The first kappa shape index (κ1) is 14.7. The van der Waals surface area contributed by atoms with Crippen molar-refractivity contribution in [3.8, 4) is 0 Å². The Balaban J connectivity index is 1.98. The van der Waals surface area contributed by atoms with Gasteiger partial charge in [-0.25, -0.2) is 0 Å². The molecule has 2 N–H and O–H groups in total. The summed E-state index contributed by atoms with van der Waals surface area (Å²) in [5.41, 5.74) is 9.01. The number of thiocarbonyl (C=S) groups is 1. The lowest BCUT2D eigenvalue weighted by Gasteiger charge is -2.16. The minimum atomic E-state index is 0.443. The molecule has 5 heteroatoms. The molecule has 0 unspecified atom stereocenters. The van der Waals surface area contributed by atoms with E-state index in [9.17, 15) is 0 Å². The summed E-state index contributed by atoms with van der Waals surface area (Å²) in [5.74, 6) is 0. The average Bonchev–Trinajstić information content (AvgIpc) is 2.86. The minimum absolute atomic E-state index is 0.443. The Morgan fingerprint density at radius 3 is 2.75 bits per heavy atom. The molecule has 1 heterocycles. The van der Waals surface area contributed by atoms with E-state index in [-0.39, 0.29) is 0 Å². The first-order chi connectivity index (χ1) is 9.58. The molecule has 0 aliphatic carbocycles. The molecule has 0 saturated carbocycles. The molecule has 1 aromatic carbocycles. The Bertz CT molecular complexity index is 591. The number of nitrogens with two attached hydrogens (primary N) is 1. The van der Waals surface area contributed by atoms with E-state index in [1.807, 2.05) is 29.1 Å². The molecular formula is C15H20N4S. The molecule has 0 aliphatic rings. The molecular weight excluding hydrogens is 268 g/mol. The smallest absolute Gasteiger partial charge is 0.103 e. The van der Waals surface area contributed by atoms with Crippen molar-refractivity contribution in [1.82, 2.24) is 14.7 Å². The van der Waals surface area contributed by atoms with E-state index in [1.165, 1.54) is 11.1 Å². The van der Waals surface area contributed by atoms with Crippen LogP contribution in [0.4, 0.5) is 0 Å². The maximum atomic E-state index is 5.66. The lowest BCUT2D eigenvalue weighted by atomic mass is 10.1. The highest BCUT2D eigenvalue weighted by atomic mass is 32.1. The fourth-order valence-electron chi connectivity index (χ4n) is 2.16. The Labute approximate surface area is 125 Å². The summed E-state index contributed by atoms with van der Waals surface area (Å²) < 4.78 is 1.94. The largest absolute Gasteiger partial charge is 0.389 e. The third-order valence-corrected chi connectivity index (χ3v) is 3.36. The molecule has 0 bridgehead atoms. The van der Waals surface area contributed by atoms with Gasteiger partial charge < -0.3 is 5.73 Å². The summed E-state index contributed by atoms with van der Waals surface area (Å²) in [6, 6.07) is 8.08. The average molecular weight is 288 g/mol. The second-order valence-corrected chi connectivity index (χ2v) is 5.38. The van der Waals surface area contributed by atoms with Crippen LogP contribution in [0.15, 0.2) is 36.7 Å². The molecule has 106 valence electrons. The highest BCUT2D eigenvalue weighted by molar-refractivity contribution is 7.80. The van der Waals surface area contributed by atoms with Crippen molar-refractivity contribution in [2.45, 2.75) is 26.6 Å². The van der Waals surface area contributed by atoms with Crippen LogP contribution >= 0.6 is 12.2 Å². The highest BCUT2D eigenvalue weighted by Gasteiger charge is 2.05. The van der Waals surface area contributed by atoms with Gasteiger partial charge in [-0.1, -0.05) is 30.4 Å². The van der Waals surface area contributed by atoms with E-state index >= 15 is 0 Å². The van der Waals surface area contributed by atoms with E-state index in [0.717, 1.165) is 25.2 Å². The molecule has 0 aliphatic heterocycles. The summed E-state index contributed by atoms with van der Waals surface area (Å²) in [5, 5.41) is 4.29. The van der Waals surface area contributed by atoms with Gasteiger partial charge in [-0.05, 0) is 25.6 Å². The van der Waals surface area contributed by atoms with Gasteiger partial charge in [0, 0.05) is 37.0 Å². The number of aryl methyl sites for hydroxylation is 1. The summed E-state index contributed by atoms with van der Waals surface area (Å²) >= 11 is 5.01. The monoisotopic (exact) mass is 288 g/mol. The number of rotatable bonds is 6. The van der Waals surface area contributed by atoms with Gasteiger partial charge >= 0.3 is 0 Å². The SMILES string of the molecule is CCn1cc(CN(C)Cc2cccc(C(N)=S)c2)cn1. The zero-order valence-electron chi connectivity index (χ0n) is 11.9. The first-order valence-corrected chi connectivity index (χ1v) is 7.08. The quantitative estimate of drug-likeness (QED) is 0.828. The predicted octanol–water partition coefficient (Wildman–Crippen LogP) is 2.17. The van der Waals surface area contributed by atoms with Crippen molar-refractivity contribution in [3.63, 3.8) is 0 Å². The standard InChI is InChI=1S/C15H20N4S/c1-3-19-11-13(8-17-19)10-18(2)9-12-5-4-6-14(7-12)15(16)20/h4-8,11H,3,9-10H2,1-2H3,(H2,16,20). The molecule has 2 aromatic rings. The van der Waals surface area contributed by atoms with Crippen LogP contribution in [0.1, 0.15) is 23.6 Å². The van der Waals surface area contributed by atoms with Gasteiger partial charge in [-0.3, -0.25) is 9.58 Å². The van der Waals surface area contributed by atoms with Crippen LogP contribution in [-0.2, 0) is 19.6 Å². The summed E-state index contributed by atoms with van der Waals surface area (Å²) in [6.45, 7) is 4.71. The number of hydrogen-bond acceptors (Lipinski definition) is 3. The van der Waals surface area contributed by atoms with Gasteiger partial charge in [0.2, 0.25) is 0 Å². The van der Waals surface area contributed by atoms with Gasteiger partial charge in [-0.2, -0.15) is 5.10 Å². The molecule has 0 atom stereocenters. The van der Waals surface area contributed by atoms with Crippen LogP contribution in [0.25, 0.3) is 0 Å². The summed E-state index contributed by atoms with van der Waals surface area (Å²) in [6.07, 6.45) is 4.01. The number of benzene rings is 1. The van der Waals surface area contributed by atoms with E-state index < -0.39 is 0 Å². The van der Waals surface area contributed by atoms with Crippen molar-refractivity contribution < 1.29 is 0 Å². The van der Waals surface area contributed by atoms with Crippen LogP contribution < -0.4 is 5.73 Å². The number of hydrogen-bond donors (Lipinski definition) is 1. The molecule has 0 spiro atoms. The lowest BCUT2D eigenvalue weighted by molar-refractivity contribution is 0.319. The van der Waals surface area contributed by atoms with E-state index in [4.69, 9.17) is 18.0 Å². The highest BCUT2D eigenvalue weighted by Crippen LogP contribution is 2.10. The topological polar surface area (TPSA) is 47.1 Å². The van der Waals surface area contributed by atoms with E-state index in [0.29, 0.717) is 4.99 Å². The molecule has 0 amide bonds. The second kappa shape index (κ2) is 6.63. The fourth-order valence-corrected chi connectivity index (χ4v) is 2.29. The zero-order valence-corrected chi connectivity index (χ0v) is 12.7. The number of nitrogens with zero attached hydrogens (tertiary/aromatic N) is 3. The molecule has 0 saturated heterocycles. The Morgan fingerprint density at radius 2 is 2.10 bits per heavy atom. The fraction of sp³-hybridized carbons (Fsp3) is 0.333. The molecule has 1 aromatic heterocycles. The Hall–Kier alpha value is -1.72. The van der Waals surface area contributed by atoms with Crippen LogP contribution in [0.2, 0.25) is 0 Å². The molecule has 0 radical (unpaired) electrons. The van der Waals surface area contributed by atoms with Crippen LogP contribution in [-0.4, -0.2) is 26.7 Å². The molecule has 2 rings (SSSR count). The summed E-state index contributed by atoms with van der Waals surface area (Å²) in [7, 11) is 2.09. The normalized spacial score (nSPS) is 10.9. The minimum Gasteiger partial charge on any atom is -0.389 e. The van der Waals surface area contributed by atoms with Gasteiger partial charge in [0.05, 0.1) is 6.20 Å². The van der Waals surface area contributed by atoms with Crippen molar-refractivity contribution >= 4 is 17.2 Å². The molecule has 20 heavy (non-hydrogen) atoms. The zero-order chi connectivity index (χ0) is 14.5. The molecule has 0 fully saturated rings. The van der Waals surface area contributed by atoms with Crippen molar-refractivity contribution in [1.29, 1.82) is 0 Å². The lowest BCUT2D eigenvalue weighted by Crippen LogP contribution is -2.17. The first-order valence-electron chi connectivity index (χ1n) is 6.67. The second-order valence-electron chi connectivity index (χ2n) is 4.94. The van der Waals surface area contributed by atoms with Gasteiger partial charge in [0.25, 0.3) is 0 Å². The Morgan fingerprint density at radius 1 is 1.35 bits per heavy atom.